The summed E-state index contributed by atoms with van der Waals surface area (Å²) in [5.41, 5.74) is 8.03. The van der Waals surface area contributed by atoms with Gasteiger partial charge < -0.3 is 10.6 Å². The van der Waals surface area contributed by atoms with Gasteiger partial charge in [0.1, 0.15) is 0 Å². The smallest absolute Gasteiger partial charge is 0.253 e. The van der Waals surface area contributed by atoms with Crippen molar-refractivity contribution >= 4 is 5.91 Å². The largest absolute Gasteiger partial charge is 0.338 e. The Morgan fingerprint density at radius 1 is 1.47 bits per heavy atom. The average molecular weight is 256 g/mol. The summed E-state index contributed by atoms with van der Waals surface area (Å²) in [6, 6.07) is 5.77. The van der Waals surface area contributed by atoms with Crippen LogP contribution in [0.25, 0.3) is 0 Å². The molecule has 3 heteroatoms. The first-order chi connectivity index (χ1) is 9.10. The van der Waals surface area contributed by atoms with Gasteiger partial charge in [-0.2, -0.15) is 0 Å². The lowest BCUT2D eigenvalue weighted by Gasteiger charge is -2.16. The third-order valence-corrected chi connectivity index (χ3v) is 3.37. The number of benzene rings is 1. The molecule has 2 rings (SSSR count). The molecule has 1 fully saturated rings. The molecular weight excluding hydrogens is 236 g/mol. The molecule has 1 heterocycles. The fraction of sp³-hybridized carbons (Fsp3) is 0.438. The molecule has 0 saturated carbocycles. The molecule has 19 heavy (non-hydrogen) atoms. The summed E-state index contributed by atoms with van der Waals surface area (Å²) >= 11 is 0. The van der Waals surface area contributed by atoms with Crippen LogP contribution in [-0.2, 0) is 0 Å². The predicted octanol–water partition coefficient (Wildman–Crippen LogP) is 1.79. The van der Waals surface area contributed by atoms with Crippen LogP contribution in [0.2, 0.25) is 0 Å². The van der Waals surface area contributed by atoms with E-state index in [0.717, 1.165) is 36.2 Å². The highest BCUT2D eigenvalue weighted by atomic mass is 16.2. The molecule has 100 valence electrons. The molecule has 3 nitrogen and oxygen atoms in total. The summed E-state index contributed by atoms with van der Waals surface area (Å²) < 4.78 is 0. The second kappa shape index (κ2) is 5.90. The molecule has 1 aliphatic rings. The summed E-state index contributed by atoms with van der Waals surface area (Å²) in [6.45, 7) is 6.22. The van der Waals surface area contributed by atoms with Crippen LogP contribution in [0.4, 0.5) is 0 Å². The van der Waals surface area contributed by atoms with E-state index in [1.807, 2.05) is 30.0 Å². The first-order valence-corrected chi connectivity index (χ1v) is 6.70. The molecule has 1 aromatic carbocycles. The highest BCUT2D eigenvalue weighted by Gasteiger charge is 2.24. The average Bonchev–Trinajstić information content (AvgIpc) is 2.81. The van der Waals surface area contributed by atoms with Crippen molar-refractivity contribution in [1.29, 1.82) is 0 Å². The Morgan fingerprint density at radius 3 is 2.89 bits per heavy atom. The lowest BCUT2D eigenvalue weighted by Crippen LogP contribution is -2.28. The maximum atomic E-state index is 12.4. The maximum Gasteiger partial charge on any atom is 0.253 e. The molecule has 0 spiro atoms. The van der Waals surface area contributed by atoms with Gasteiger partial charge in [-0.15, -0.1) is 0 Å². The van der Waals surface area contributed by atoms with Gasteiger partial charge in [-0.1, -0.05) is 18.8 Å². The van der Waals surface area contributed by atoms with E-state index in [1.54, 1.807) is 0 Å². The van der Waals surface area contributed by atoms with Crippen LogP contribution in [0, 0.1) is 24.7 Å². The minimum Gasteiger partial charge on any atom is -0.338 e. The Morgan fingerprint density at radius 2 is 2.26 bits per heavy atom. The minimum atomic E-state index is 0.115. The van der Waals surface area contributed by atoms with Crippen molar-refractivity contribution in [2.75, 3.05) is 19.6 Å². The summed E-state index contributed by atoms with van der Waals surface area (Å²) in [4.78, 5) is 14.4. The van der Waals surface area contributed by atoms with Crippen molar-refractivity contribution in [3.63, 3.8) is 0 Å². The molecule has 0 aromatic heterocycles. The number of likely N-dealkylation sites (tertiary alicyclic amines) is 1. The molecular formula is C16H20N2O. The van der Waals surface area contributed by atoms with Crippen LogP contribution in [-0.4, -0.2) is 30.4 Å². The molecule has 1 saturated heterocycles. The summed E-state index contributed by atoms with van der Waals surface area (Å²) in [5, 5.41) is 0. The van der Waals surface area contributed by atoms with Gasteiger partial charge in [-0.25, -0.2) is 0 Å². The number of rotatable bonds is 1. The van der Waals surface area contributed by atoms with E-state index in [4.69, 9.17) is 5.73 Å². The summed E-state index contributed by atoms with van der Waals surface area (Å²) in [6.07, 6.45) is 1.09. The fourth-order valence-corrected chi connectivity index (χ4v) is 2.43. The predicted molar refractivity (Wildman–Crippen MR) is 76.8 cm³/mol. The highest BCUT2D eigenvalue weighted by Crippen LogP contribution is 2.19. The number of carbonyl (C=O) groups excluding carboxylic acids is 1. The maximum absolute atomic E-state index is 12.4. The number of hydrogen-bond acceptors (Lipinski definition) is 2. The minimum absolute atomic E-state index is 0.115. The second-order valence-corrected chi connectivity index (χ2v) is 5.24. The van der Waals surface area contributed by atoms with E-state index >= 15 is 0 Å². The van der Waals surface area contributed by atoms with E-state index < -0.39 is 0 Å². The van der Waals surface area contributed by atoms with Crippen LogP contribution in [0.15, 0.2) is 18.2 Å². The quantitative estimate of drug-likeness (QED) is 0.779. The van der Waals surface area contributed by atoms with Crippen LogP contribution in [0.1, 0.15) is 34.8 Å². The zero-order valence-electron chi connectivity index (χ0n) is 11.6. The van der Waals surface area contributed by atoms with Crippen LogP contribution in [0.5, 0.6) is 0 Å². The van der Waals surface area contributed by atoms with E-state index in [1.165, 1.54) is 0 Å². The zero-order valence-corrected chi connectivity index (χ0v) is 11.6. The van der Waals surface area contributed by atoms with Crippen molar-refractivity contribution < 1.29 is 4.79 Å². The number of nitrogens with zero attached hydrogens (tertiary/aromatic N) is 1. The number of amides is 1. The van der Waals surface area contributed by atoms with Crippen molar-refractivity contribution in [2.24, 2.45) is 11.7 Å². The zero-order chi connectivity index (χ0) is 13.8. The number of nitrogens with two attached hydrogens (primary N) is 1. The third kappa shape index (κ3) is 3.36. The van der Waals surface area contributed by atoms with Crippen LogP contribution < -0.4 is 5.73 Å². The third-order valence-electron chi connectivity index (χ3n) is 3.37. The van der Waals surface area contributed by atoms with Crippen LogP contribution in [0.3, 0.4) is 0 Å². The Bertz CT molecular complexity index is 539. The lowest BCUT2D eigenvalue weighted by molar-refractivity contribution is 0.0788. The summed E-state index contributed by atoms with van der Waals surface area (Å²) in [7, 11) is 0. The number of hydrogen-bond donors (Lipinski definition) is 1. The van der Waals surface area contributed by atoms with Gasteiger partial charge >= 0.3 is 0 Å². The Balaban J connectivity index is 2.24. The SMILES string of the molecule is Cc1cc(C#CCN)cc(C(=O)N2CCC(C)C2)c1. The first-order valence-electron chi connectivity index (χ1n) is 6.70. The van der Waals surface area contributed by atoms with Gasteiger partial charge in [0.05, 0.1) is 6.54 Å². The molecule has 0 radical (unpaired) electrons. The standard InChI is InChI=1S/C16H20N2O/c1-12-5-7-18(11-12)16(19)15-9-13(2)8-14(10-15)4-3-6-17/h8-10,12H,5-7,11,17H2,1-2H3. The van der Waals surface area contributed by atoms with Crippen molar-refractivity contribution in [2.45, 2.75) is 20.3 Å². The molecule has 1 aromatic rings. The lowest BCUT2D eigenvalue weighted by atomic mass is 10.1. The Kier molecular flexibility index (Phi) is 4.24. The molecule has 1 atom stereocenters. The van der Waals surface area contributed by atoms with Crippen molar-refractivity contribution in [3.05, 3.63) is 34.9 Å². The fourth-order valence-electron chi connectivity index (χ4n) is 2.43. The molecule has 0 aliphatic carbocycles. The van der Waals surface area contributed by atoms with Crippen molar-refractivity contribution in [3.8, 4) is 11.8 Å². The van der Waals surface area contributed by atoms with Gasteiger partial charge in [0.2, 0.25) is 0 Å². The van der Waals surface area contributed by atoms with Gasteiger partial charge in [-0.3, -0.25) is 4.79 Å². The normalized spacial score (nSPS) is 18.1. The van der Waals surface area contributed by atoms with Gasteiger partial charge in [0.15, 0.2) is 0 Å². The Hall–Kier alpha value is -1.79. The Labute approximate surface area is 114 Å². The van der Waals surface area contributed by atoms with E-state index in [0.29, 0.717) is 12.5 Å². The van der Waals surface area contributed by atoms with Gasteiger partial charge in [-0.05, 0) is 43.0 Å². The molecule has 1 aliphatic heterocycles. The topological polar surface area (TPSA) is 46.3 Å². The van der Waals surface area contributed by atoms with Crippen LogP contribution >= 0.6 is 0 Å². The van der Waals surface area contributed by atoms with Gasteiger partial charge in [0.25, 0.3) is 5.91 Å². The van der Waals surface area contributed by atoms with E-state index in [2.05, 4.69) is 18.8 Å². The molecule has 1 unspecified atom stereocenters. The molecule has 0 bridgehead atoms. The second-order valence-electron chi connectivity index (χ2n) is 5.24. The number of carbonyl (C=O) groups is 1. The van der Waals surface area contributed by atoms with Gasteiger partial charge in [0, 0.05) is 24.2 Å². The molecule has 1 amide bonds. The van der Waals surface area contributed by atoms with E-state index in [9.17, 15) is 4.79 Å². The molecule has 2 N–H and O–H groups in total. The summed E-state index contributed by atoms with van der Waals surface area (Å²) in [5.74, 6) is 6.54. The monoisotopic (exact) mass is 256 g/mol. The highest BCUT2D eigenvalue weighted by molar-refractivity contribution is 5.95. The van der Waals surface area contributed by atoms with E-state index in [-0.39, 0.29) is 5.91 Å². The van der Waals surface area contributed by atoms with Crippen molar-refractivity contribution in [1.82, 2.24) is 4.90 Å². The first kappa shape index (κ1) is 13.6. The number of aryl methyl sites for hydroxylation is 1.